The van der Waals surface area contributed by atoms with E-state index in [1.54, 1.807) is 13.8 Å². The summed E-state index contributed by atoms with van der Waals surface area (Å²) < 4.78 is 9.83. The number of hydrogen-bond donors (Lipinski definition) is 1. The van der Waals surface area contributed by atoms with Gasteiger partial charge in [-0.1, -0.05) is 50.7 Å². The van der Waals surface area contributed by atoms with E-state index in [4.69, 9.17) is 9.47 Å². The van der Waals surface area contributed by atoms with Crippen molar-refractivity contribution >= 4 is 23.9 Å². The highest BCUT2D eigenvalue weighted by molar-refractivity contribution is 7.96. The number of benzene rings is 1. The summed E-state index contributed by atoms with van der Waals surface area (Å²) in [6.45, 7) is 4.02. The number of carbonyl (C=O) groups is 2. The third kappa shape index (κ3) is 5.23. The maximum Gasteiger partial charge on any atom is 0.364 e. The number of carbonyl (C=O) groups excluding carboxylic acids is 2. The summed E-state index contributed by atoms with van der Waals surface area (Å²) in [4.78, 5) is 21.8. The quantitative estimate of drug-likeness (QED) is 0.659. The van der Waals surface area contributed by atoms with Crippen LogP contribution < -0.4 is 0 Å². The average molecular weight is 268 g/mol. The lowest BCUT2D eigenvalue weighted by Gasteiger charge is -2.07. The molecule has 0 amide bonds. The molecule has 0 aliphatic heterocycles. The first kappa shape index (κ1) is 14.6. The highest BCUT2D eigenvalue weighted by atomic mass is 32.1. The Labute approximate surface area is 112 Å². The minimum absolute atomic E-state index is 0.126. The second-order valence-corrected chi connectivity index (χ2v) is 4.50. The highest BCUT2D eigenvalue weighted by Crippen LogP contribution is 2.09. The van der Waals surface area contributed by atoms with E-state index in [9.17, 15) is 9.59 Å². The van der Waals surface area contributed by atoms with Gasteiger partial charge in [-0.2, -0.15) is 0 Å². The number of thiol groups is 1. The molecule has 0 saturated carbocycles. The molecular weight excluding hydrogens is 252 g/mol. The van der Waals surface area contributed by atoms with Crippen molar-refractivity contribution in [2.45, 2.75) is 27.1 Å². The van der Waals surface area contributed by atoms with Gasteiger partial charge in [-0.05, 0) is 11.1 Å². The molecule has 0 atom stereocenters. The Morgan fingerprint density at radius 1 is 1.06 bits per heavy atom. The molecule has 0 aliphatic carbocycles. The Morgan fingerprint density at radius 3 is 1.89 bits per heavy atom. The van der Waals surface area contributed by atoms with Crippen LogP contribution in [0, 0.1) is 5.92 Å². The molecule has 0 spiro atoms. The summed E-state index contributed by atoms with van der Waals surface area (Å²) in [7, 11) is 0. The van der Waals surface area contributed by atoms with Crippen LogP contribution in [0.25, 0.3) is 0 Å². The molecule has 0 bridgehead atoms. The molecule has 0 N–H and O–H groups in total. The van der Waals surface area contributed by atoms with E-state index in [1.165, 1.54) is 0 Å². The van der Waals surface area contributed by atoms with E-state index in [0.717, 1.165) is 11.1 Å². The van der Waals surface area contributed by atoms with E-state index in [1.807, 2.05) is 24.3 Å². The van der Waals surface area contributed by atoms with Crippen molar-refractivity contribution in [1.29, 1.82) is 0 Å². The first-order valence-electron chi connectivity index (χ1n) is 5.59. The van der Waals surface area contributed by atoms with Gasteiger partial charge in [-0.15, -0.1) is 0 Å². The SMILES string of the molecule is CC(C)C(=O)OCc1ccc(COC(=O)S)cc1. The molecule has 0 unspecified atom stereocenters. The fourth-order valence-electron chi connectivity index (χ4n) is 1.20. The fraction of sp³-hybridized carbons (Fsp3) is 0.385. The lowest BCUT2D eigenvalue weighted by Crippen LogP contribution is -2.11. The fourth-order valence-corrected chi connectivity index (χ4v) is 1.26. The summed E-state index contributed by atoms with van der Waals surface area (Å²) in [5.74, 6) is -0.345. The van der Waals surface area contributed by atoms with Crippen molar-refractivity contribution in [1.82, 2.24) is 0 Å². The van der Waals surface area contributed by atoms with Crippen molar-refractivity contribution in [3.63, 3.8) is 0 Å². The van der Waals surface area contributed by atoms with E-state index in [0.29, 0.717) is 0 Å². The van der Waals surface area contributed by atoms with Crippen LogP contribution in [0.4, 0.5) is 4.79 Å². The zero-order valence-electron chi connectivity index (χ0n) is 10.4. The van der Waals surface area contributed by atoms with Crippen LogP contribution in [-0.2, 0) is 27.5 Å². The normalized spacial score (nSPS) is 10.2. The molecule has 0 aliphatic rings. The standard InChI is InChI=1S/C13H16O4S/c1-9(2)12(14)16-7-10-3-5-11(6-4-10)8-17-13(15)18/h3-6,9H,7-8H2,1-2H3,(H,15,18). The first-order chi connectivity index (χ1) is 8.49. The molecule has 1 rings (SSSR count). The van der Waals surface area contributed by atoms with Crippen LogP contribution >= 0.6 is 12.6 Å². The zero-order valence-corrected chi connectivity index (χ0v) is 11.3. The largest absolute Gasteiger partial charge is 0.461 e. The van der Waals surface area contributed by atoms with Gasteiger partial charge in [0.25, 0.3) is 0 Å². The molecular formula is C13H16O4S. The molecule has 0 fully saturated rings. The van der Waals surface area contributed by atoms with Crippen LogP contribution in [-0.4, -0.2) is 11.3 Å². The van der Waals surface area contributed by atoms with Gasteiger partial charge in [0.05, 0.1) is 5.92 Å². The van der Waals surface area contributed by atoms with Gasteiger partial charge in [-0.3, -0.25) is 4.79 Å². The molecule has 98 valence electrons. The van der Waals surface area contributed by atoms with Crippen LogP contribution in [0.5, 0.6) is 0 Å². The maximum absolute atomic E-state index is 11.3. The third-order valence-electron chi connectivity index (χ3n) is 2.24. The average Bonchev–Trinajstić information content (AvgIpc) is 2.34. The summed E-state index contributed by atoms with van der Waals surface area (Å²) >= 11 is 3.51. The molecule has 0 saturated heterocycles. The molecule has 0 radical (unpaired) electrons. The predicted molar refractivity (Wildman–Crippen MR) is 70.2 cm³/mol. The molecule has 5 heteroatoms. The zero-order chi connectivity index (χ0) is 13.5. The number of esters is 1. The number of rotatable bonds is 5. The Morgan fingerprint density at radius 2 is 1.50 bits per heavy atom. The Kier molecular flexibility index (Phi) is 5.71. The van der Waals surface area contributed by atoms with Gasteiger partial charge in [-0.25, -0.2) is 4.79 Å². The molecule has 18 heavy (non-hydrogen) atoms. The molecule has 0 heterocycles. The number of ether oxygens (including phenoxy) is 2. The van der Waals surface area contributed by atoms with Gasteiger partial charge >= 0.3 is 11.3 Å². The summed E-state index contributed by atoms with van der Waals surface area (Å²) in [5, 5.41) is -0.607. The van der Waals surface area contributed by atoms with Gasteiger partial charge in [0.1, 0.15) is 13.2 Å². The lowest BCUT2D eigenvalue weighted by molar-refractivity contribution is -0.148. The van der Waals surface area contributed by atoms with Crippen LogP contribution in [0.15, 0.2) is 24.3 Å². The van der Waals surface area contributed by atoms with Crippen molar-refractivity contribution < 1.29 is 19.1 Å². The smallest absolute Gasteiger partial charge is 0.364 e. The summed E-state index contributed by atoms with van der Waals surface area (Å²) in [6.07, 6.45) is 0. The monoisotopic (exact) mass is 268 g/mol. The molecule has 1 aromatic carbocycles. The van der Waals surface area contributed by atoms with Crippen LogP contribution in [0.3, 0.4) is 0 Å². The van der Waals surface area contributed by atoms with Gasteiger partial charge in [0, 0.05) is 0 Å². The topological polar surface area (TPSA) is 52.6 Å². The minimum Gasteiger partial charge on any atom is -0.461 e. The van der Waals surface area contributed by atoms with Crippen molar-refractivity contribution in [3.8, 4) is 0 Å². The minimum atomic E-state index is -0.607. The van der Waals surface area contributed by atoms with Crippen molar-refractivity contribution in [2.24, 2.45) is 5.92 Å². The predicted octanol–water partition coefficient (Wildman–Crippen LogP) is 2.95. The Bertz CT molecular complexity index is 412. The third-order valence-corrected chi connectivity index (χ3v) is 2.37. The van der Waals surface area contributed by atoms with Crippen LogP contribution in [0.2, 0.25) is 0 Å². The second kappa shape index (κ2) is 7.06. The number of hydrogen-bond acceptors (Lipinski definition) is 4. The molecule has 0 aromatic heterocycles. The van der Waals surface area contributed by atoms with E-state index in [-0.39, 0.29) is 25.1 Å². The molecule has 4 nitrogen and oxygen atoms in total. The van der Waals surface area contributed by atoms with Gasteiger partial charge in [0.2, 0.25) is 0 Å². The Hall–Kier alpha value is -1.49. The lowest BCUT2D eigenvalue weighted by atomic mass is 10.1. The first-order valence-corrected chi connectivity index (χ1v) is 6.04. The second-order valence-electron chi connectivity index (χ2n) is 4.13. The van der Waals surface area contributed by atoms with Gasteiger partial charge < -0.3 is 9.47 Å². The Balaban J connectivity index is 2.45. The van der Waals surface area contributed by atoms with E-state index < -0.39 is 5.30 Å². The van der Waals surface area contributed by atoms with Crippen LogP contribution in [0.1, 0.15) is 25.0 Å². The van der Waals surface area contributed by atoms with Crippen molar-refractivity contribution in [3.05, 3.63) is 35.4 Å². The molecule has 1 aromatic rings. The van der Waals surface area contributed by atoms with E-state index >= 15 is 0 Å². The maximum atomic E-state index is 11.3. The van der Waals surface area contributed by atoms with E-state index in [2.05, 4.69) is 12.6 Å². The summed E-state index contributed by atoms with van der Waals surface area (Å²) in [5.41, 5.74) is 1.75. The highest BCUT2D eigenvalue weighted by Gasteiger charge is 2.08. The van der Waals surface area contributed by atoms with Crippen molar-refractivity contribution in [2.75, 3.05) is 0 Å². The summed E-state index contributed by atoms with van der Waals surface area (Å²) in [6, 6.07) is 7.29. The van der Waals surface area contributed by atoms with Gasteiger partial charge in [0.15, 0.2) is 0 Å².